The molecule has 0 aromatic rings. The van der Waals surface area contributed by atoms with Crippen LogP contribution in [0.1, 0.15) is 55.4 Å². The fourth-order valence-corrected chi connectivity index (χ4v) is 3.80. The van der Waals surface area contributed by atoms with E-state index in [4.69, 9.17) is 14.1 Å². The van der Waals surface area contributed by atoms with Crippen molar-refractivity contribution in [1.82, 2.24) is 5.06 Å². The lowest BCUT2D eigenvalue weighted by Gasteiger charge is -2.45. The van der Waals surface area contributed by atoms with Crippen molar-refractivity contribution in [3.63, 3.8) is 0 Å². The quantitative estimate of drug-likeness (QED) is 0.403. The lowest BCUT2D eigenvalue weighted by molar-refractivity contribution is -0.260. The third-order valence-corrected chi connectivity index (χ3v) is 5.15. The highest BCUT2D eigenvalue weighted by Crippen LogP contribution is 2.45. The number of hydrogen-bond acceptors (Lipinski definition) is 6. The Labute approximate surface area is 135 Å². The van der Waals surface area contributed by atoms with Gasteiger partial charge in [0.25, 0.3) is 0 Å². The second kappa shape index (κ2) is 8.44. The van der Waals surface area contributed by atoms with E-state index in [1.54, 1.807) is 12.0 Å². The van der Waals surface area contributed by atoms with Crippen molar-refractivity contribution < 1.29 is 23.5 Å². The van der Waals surface area contributed by atoms with E-state index in [0.717, 1.165) is 0 Å². The normalized spacial score (nSPS) is 17.2. The molecular weight excluding hydrogens is 305 g/mol. The maximum Gasteiger partial charge on any atom is 0.336 e. The predicted octanol–water partition coefficient (Wildman–Crippen LogP) is 3.46. The summed E-state index contributed by atoms with van der Waals surface area (Å²) in [4.78, 5) is 17.5. The summed E-state index contributed by atoms with van der Waals surface area (Å²) in [7, 11) is -1.08. The monoisotopic (exact) mass is 337 g/mol. The summed E-state index contributed by atoms with van der Waals surface area (Å²) in [6.07, 6.45) is -0.787. The molecule has 132 valence electrons. The van der Waals surface area contributed by atoms with Gasteiger partial charge in [-0.15, -0.1) is 0 Å². The number of ether oxygens (including phenoxy) is 1. The van der Waals surface area contributed by atoms with Crippen LogP contribution >= 0.6 is 8.03 Å². The summed E-state index contributed by atoms with van der Waals surface area (Å²) in [6.45, 7) is 15.5. The second-order valence-electron chi connectivity index (χ2n) is 7.29. The molecule has 7 heteroatoms. The minimum absolute atomic E-state index is 0.353. The van der Waals surface area contributed by atoms with E-state index in [0.29, 0.717) is 6.61 Å². The van der Waals surface area contributed by atoms with Gasteiger partial charge in [0, 0.05) is 5.54 Å². The Bertz CT molecular complexity index is 386. The standard InChI is InChI=1S/C15H32NO5P/c1-10-20-22(18)13(14(3,4)5)16(15(6,7)8)21-11(2)12(17)19-9/h11,13,22H,10H2,1-9H3/t11-,13?/m0/s1. The van der Waals surface area contributed by atoms with Crippen molar-refractivity contribution in [3.05, 3.63) is 0 Å². The van der Waals surface area contributed by atoms with Crippen molar-refractivity contribution in [1.29, 1.82) is 0 Å². The van der Waals surface area contributed by atoms with Crippen LogP contribution in [0.5, 0.6) is 0 Å². The molecule has 0 bridgehead atoms. The van der Waals surface area contributed by atoms with Gasteiger partial charge in [0.2, 0.25) is 8.03 Å². The third kappa shape index (κ3) is 6.37. The molecule has 0 rings (SSSR count). The minimum atomic E-state index is -2.40. The van der Waals surface area contributed by atoms with Gasteiger partial charge in [-0.2, -0.15) is 5.06 Å². The highest BCUT2D eigenvalue weighted by Gasteiger charge is 2.43. The van der Waals surface area contributed by atoms with E-state index >= 15 is 0 Å². The van der Waals surface area contributed by atoms with Crippen molar-refractivity contribution in [2.24, 2.45) is 5.41 Å². The van der Waals surface area contributed by atoms with Crippen molar-refractivity contribution in [2.75, 3.05) is 13.7 Å². The molecule has 6 nitrogen and oxygen atoms in total. The topological polar surface area (TPSA) is 65.1 Å². The summed E-state index contributed by atoms with van der Waals surface area (Å²) in [5, 5.41) is 1.63. The number of esters is 1. The molecule has 0 aromatic carbocycles. The molecule has 0 spiro atoms. The zero-order chi connectivity index (χ0) is 17.7. The van der Waals surface area contributed by atoms with E-state index in [1.165, 1.54) is 7.11 Å². The second-order valence-corrected chi connectivity index (χ2v) is 8.76. The number of hydrogen-bond donors (Lipinski definition) is 0. The van der Waals surface area contributed by atoms with E-state index in [1.807, 2.05) is 48.5 Å². The van der Waals surface area contributed by atoms with Crippen molar-refractivity contribution in [3.8, 4) is 0 Å². The largest absolute Gasteiger partial charge is 0.467 e. The molecule has 0 saturated carbocycles. The number of rotatable bonds is 7. The van der Waals surface area contributed by atoms with Gasteiger partial charge in [-0.25, -0.2) is 4.79 Å². The van der Waals surface area contributed by atoms with Gasteiger partial charge < -0.3 is 9.26 Å². The van der Waals surface area contributed by atoms with Gasteiger partial charge in [0.05, 0.1) is 13.7 Å². The molecule has 0 aliphatic carbocycles. The number of nitrogens with zero attached hydrogens (tertiary/aromatic N) is 1. The Morgan fingerprint density at radius 1 is 1.18 bits per heavy atom. The van der Waals surface area contributed by atoms with Crippen molar-refractivity contribution >= 4 is 14.0 Å². The van der Waals surface area contributed by atoms with Crippen LogP contribution in [0.4, 0.5) is 0 Å². The van der Waals surface area contributed by atoms with Crippen LogP contribution in [0.15, 0.2) is 0 Å². The summed E-state index contributed by atoms with van der Waals surface area (Å²) < 4.78 is 22.7. The van der Waals surface area contributed by atoms with E-state index in [2.05, 4.69) is 0 Å². The van der Waals surface area contributed by atoms with Gasteiger partial charge in [-0.1, -0.05) is 20.8 Å². The molecule has 0 radical (unpaired) electrons. The van der Waals surface area contributed by atoms with Crippen LogP contribution in [-0.4, -0.2) is 42.2 Å². The smallest absolute Gasteiger partial charge is 0.336 e. The van der Waals surface area contributed by atoms with Gasteiger partial charge in [0.1, 0.15) is 5.78 Å². The average molecular weight is 337 g/mol. The molecule has 0 fully saturated rings. The minimum Gasteiger partial charge on any atom is -0.467 e. The Kier molecular flexibility index (Phi) is 8.28. The number of carbonyl (C=O) groups is 1. The first-order valence-corrected chi connectivity index (χ1v) is 8.96. The highest BCUT2D eigenvalue weighted by molar-refractivity contribution is 7.40. The molecule has 3 atom stereocenters. The fraction of sp³-hybridized carbons (Fsp3) is 0.933. The first kappa shape index (κ1) is 21.6. The zero-order valence-corrected chi connectivity index (χ0v) is 16.4. The van der Waals surface area contributed by atoms with Crippen LogP contribution in [0, 0.1) is 5.41 Å². The van der Waals surface area contributed by atoms with Crippen LogP contribution < -0.4 is 0 Å². The van der Waals surface area contributed by atoms with Gasteiger partial charge in [-0.05, 0) is 40.0 Å². The van der Waals surface area contributed by atoms with Crippen LogP contribution in [-0.2, 0) is 23.5 Å². The fourth-order valence-electron chi connectivity index (χ4n) is 2.01. The molecule has 0 amide bonds. The van der Waals surface area contributed by atoms with Crippen LogP contribution in [0.25, 0.3) is 0 Å². The number of carbonyl (C=O) groups excluding carboxylic acids is 1. The Morgan fingerprint density at radius 2 is 1.68 bits per heavy atom. The van der Waals surface area contributed by atoms with Crippen LogP contribution in [0.2, 0.25) is 0 Å². The molecule has 0 N–H and O–H groups in total. The van der Waals surface area contributed by atoms with E-state index < -0.39 is 31.4 Å². The molecule has 22 heavy (non-hydrogen) atoms. The summed E-state index contributed by atoms with van der Waals surface area (Å²) >= 11 is 0. The van der Waals surface area contributed by atoms with E-state index in [9.17, 15) is 9.36 Å². The van der Waals surface area contributed by atoms with Gasteiger partial charge in [0.15, 0.2) is 6.10 Å². The SMILES string of the molecule is CCO[PH](=O)C(N(O[C@@H](C)C(=O)OC)C(C)(C)C)C(C)(C)C. The summed E-state index contributed by atoms with van der Waals surface area (Å²) in [6, 6.07) is 0. The maximum atomic E-state index is 12.6. The highest BCUT2D eigenvalue weighted by atomic mass is 31.1. The molecule has 0 heterocycles. The Balaban J connectivity index is 5.60. The third-order valence-electron chi connectivity index (χ3n) is 3.03. The molecule has 0 saturated heterocycles. The lowest BCUT2D eigenvalue weighted by atomic mass is 9.94. The predicted molar refractivity (Wildman–Crippen MR) is 88.0 cm³/mol. The number of hydroxylamine groups is 2. The average Bonchev–Trinajstić information content (AvgIpc) is 2.34. The van der Waals surface area contributed by atoms with Crippen LogP contribution in [0.3, 0.4) is 0 Å². The molecule has 0 aliphatic heterocycles. The van der Waals surface area contributed by atoms with Gasteiger partial charge >= 0.3 is 5.97 Å². The molecule has 0 aromatic heterocycles. The molecule has 2 unspecified atom stereocenters. The zero-order valence-electron chi connectivity index (χ0n) is 15.4. The maximum absolute atomic E-state index is 12.6. The first-order valence-electron chi connectivity index (χ1n) is 7.56. The van der Waals surface area contributed by atoms with Crippen molar-refractivity contribution in [2.45, 2.75) is 72.8 Å². The van der Waals surface area contributed by atoms with Gasteiger partial charge in [-0.3, -0.25) is 9.40 Å². The summed E-state index contributed by atoms with van der Waals surface area (Å²) in [5.41, 5.74) is -0.814. The molecule has 0 aliphatic rings. The lowest BCUT2D eigenvalue weighted by Crippen LogP contribution is -2.53. The summed E-state index contributed by atoms with van der Waals surface area (Å²) in [5.74, 6) is -0.942. The van der Waals surface area contributed by atoms with E-state index in [-0.39, 0.29) is 5.41 Å². The Morgan fingerprint density at radius 3 is 2.00 bits per heavy atom. The number of methoxy groups -OCH3 is 1. The first-order chi connectivity index (χ1) is 9.86. The molecular formula is C15H32NO5P. The Hall–Kier alpha value is -0.420.